The van der Waals surface area contributed by atoms with Crippen molar-refractivity contribution in [2.75, 3.05) is 6.61 Å². The molecule has 1 aromatic heterocycles. The monoisotopic (exact) mass is 266 g/mol. The van der Waals surface area contributed by atoms with Gasteiger partial charge in [0.25, 0.3) is 0 Å². The lowest BCUT2D eigenvalue weighted by Crippen LogP contribution is -2.03. The zero-order valence-electron chi connectivity index (χ0n) is 11.6. The fourth-order valence-corrected chi connectivity index (χ4v) is 2.56. The van der Waals surface area contributed by atoms with E-state index in [1.54, 1.807) is 0 Å². The SMILES string of the molecule is Cc1ccccc1-c1nc2ccccc2n1CCCO. The second-order valence-corrected chi connectivity index (χ2v) is 4.97. The number of imidazole rings is 1. The lowest BCUT2D eigenvalue weighted by molar-refractivity contribution is 0.281. The molecule has 0 radical (unpaired) electrons. The maximum Gasteiger partial charge on any atom is 0.141 e. The zero-order valence-corrected chi connectivity index (χ0v) is 11.6. The molecule has 0 aliphatic rings. The first kappa shape index (κ1) is 12.9. The highest BCUT2D eigenvalue weighted by Gasteiger charge is 2.13. The molecule has 0 bridgehead atoms. The van der Waals surface area contributed by atoms with Crippen molar-refractivity contribution in [2.45, 2.75) is 19.9 Å². The van der Waals surface area contributed by atoms with Crippen LogP contribution in [0.2, 0.25) is 0 Å². The van der Waals surface area contributed by atoms with E-state index in [-0.39, 0.29) is 6.61 Å². The van der Waals surface area contributed by atoms with Crippen LogP contribution >= 0.6 is 0 Å². The number of fused-ring (bicyclic) bond motifs is 1. The van der Waals surface area contributed by atoms with Crippen molar-refractivity contribution in [3.05, 3.63) is 54.1 Å². The number of hydrogen-bond donors (Lipinski definition) is 1. The number of hydrogen-bond acceptors (Lipinski definition) is 2. The van der Waals surface area contributed by atoms with Gasteiger partial charge in [0.2, 0.25) is 0 Å². The summed E-state index contributed by atoms with van der Waals surface area (Å²) in [4.78, 5) is 4.78. The summed E-state index contributed by atoms with van der Waals surface area (Å²) in [5, 5.41) is 9.12. The highest BCUT2D eigenvalue weighted by atomic mass is 16.3. The van der Waals surface area contributed by atoms with Crippen molar-refractivity contribution >= 4 is 11.0 Å². The van der Waals surface area contributed by atoms with Crippen LogP contribution in [0, 0.1) is 6.92 Å². The van der Waals surface area contributed by atoms with E-state index in [9.17, 15) is 0 Å². The van der Waals surface area contributed by atoms with Crippen LogP contribution in [-0.2, 0) is 6.54 Å². The van der Waals surface area contributed by atoms with Crippen molar-refractivity contribution in [3.8, 4) is 11.4 Å². The van der Waals surface area contributed by atoms with Crippen LogP contribution in [-0.4, -0.2) is 21.3 Å². The van der Waals surface area contributed by atoms with Gasteiger partial charge >= 0.3 is 0 Å². The fourth-order valence-electron chi connectivity index (χ4n) is 2.56. The Morgan fingerprint density at radius 1 is 1.05 bits per heavy atom. The molecule has 3 heteroatoms. The molecule has 0 unspecified atom stereocenters. The van der Waals surface area contributed by atoms with E-state index < -0.39 is 0 Å². The number of aliphatic hydroxyl groups is 1. The zero-order chi connectivity index (χ0) is 13.9. The molecule has 0 aliphatic carbocycles. The summed E-state index contributed by atoms with van der Waals surface area (Å²) in [6, 6.07) is 16.4. The number of rotatable bonds is 4. The highest BCUT2D eigenvalue weighted by molar-refractivity contribution is 5.81. The largest absolute Gasteiger partial charge is 0.396 e. The van der Waals surface area contributed by atoms with Gasteiger partial charge in [-0.2, -0.15) is 0 Å². The summed E-state index contributed by atoms with van der Waals surface area (Å²) in [7, 11) is 0. The van der Waals surface area contributed by atoms with E-state index in [0.29, 0.717) is 0 Å². The smallest absolute Gasteiger partial charge is 0.141 e. The van der Waals surface area contributed by atoms with Gasteiger partial charge in [0, 0.05) is 18.7 Å². The minimum absolute atomic E-state index is 0.194. The van der Waals surface area contributed by atoms with Crippen molar-refractivity contribution in [3.63, 3.8) is 0 Å². The van der Waals surface area contributed by atoms with Gasteiger partial charge in [0.1, 0.15) is 5.82 Å². The second kappa shape index (κ2) is 5.47. The average molecular weight is 266 g/mol. The third-order valence-corrected chi connectivity index (χ3v) is 3.58. The van der Waals surface area contributed by atoms with Crippen LogP contribution in [0.3, 0.4) is 0 Å². The molecule has 0 atom stereocenters. The number of aryl methyl sites for hydroxylation is 2. The van der Waals surface area contributed by atoms with Crippen LogP contribution in [0.25, 0.3) is 22.4 Å². The molecule has 1 heterocycles. The van der Waals surface area contributed by atoms with E-state index in [2.05, 4.69) is 29.7 Å². The van der Waals surface area contributed by atoms with Crippen LogP contribution in [0.5, 0.6) is 0 Å². The number of para-hydroxylation sites is 2. The van der Waals surface area contributed by atoms with Crippen molar-refractivity contribution in [2.24, 2.45) is 0 Å². The van der Waals surface area contributed by atoms with Gasteiger partial charge in [-0.15, -0.1) is 0 Å². The van der Waals surface area contributed by atoms with E-state index >= 15 is 0 Å². The van der Waals surface area contributed by atoms with Crippen LogP contribution in [0.15, 0.2) is 48.5 Å². The Bertz CT molecular complexity index is 731. The predicted octanol–water partition coefficient (Wildman–Crippen LogP) is 3.39. The Morgan fingerprint density at radius 3 is 2.60 bits per heavy atom. The molecule has 0 aliphatic heterocycles. The highest BCUT2D eigenvalue weighted by Crippen LogP contribution is 2.27. The van der Waals surface area contributed by atoms with Crippen molar-refractivity contribution < 1.29 is 5.11 Å². The Labute approximate surface area is 118 Å². The molecule has 102 valence electrons. The lowest BCUT2D eigenvalue weighted by Gasteiger charge is -2.10. The van der Waals surface area contributed by atoms with E-state index in [4.69, 9.17) is 10.1 Å². The number of benzene rings is 2. The van der Waals surface area contributed by atoms with Crippen molar-refractivity contribution in [1.29, 1.82) is 0 Å². The molecule has 20 heavy (non-hydrogen) atoms. The first-order valence-electron chi connectivity index (χ1n) is 6.93. The van der Waals surface area contributed by atoms with E-state index in [0.717, 1.165) is 35.4 Å². The molecule has 0 amide bonds. The molecule has 0 saturated carbocycles. The molecule has 2 aromatic carbocycles. The maximum absolute atomic E-state index is 9.12. The maximum atomic E-state index is 9.12. The van der Waals surface area contributed by atoms with Crippen LogP contribution in [0.4, 0.5) is 0 Å². The third kappa shape index (κ3) is 2.21. The van der Waals surface area contributed by atoms with Gasteiger partial charge in [-0.25, -0.2) is 4.98 Å². The quantitative estimate of drug-likeness (QED) is 0.786. The Kier molecular flexibility index (Phi) is 3.52. The van der Waals surface area contributed by atoms with E-state index in [1.165, 1.54) is 5.56 Å². The van der Waals surface area contributed by atoms with Gasteiger partial charge < -0.3 is 9.67 Å². The Balaban J connectivity index is 2.21. The lowest BCUT2D eigenvalue weighted by atomic mass is 10.1. The van der Waals surface area contributed by atoms with Crippen LogP contribution < -0.4 is 0 Å². The molecular weight excluding hydrogens is 248 g/mol. The summed E-state index contributed by atoms with van der Waals surface area (Å²) in [5.41, 5.74) is 4.50. The molecule has 1 N–H and O–H groups in total. The summed E-state index contributed by atoms with van der Waals surface area (Å²) in [6.45, 7) is 3.07. The summed E-state index contributed by atoms with van der Waals surface area (Å²) in [5.74, 6) is 0.984. The minimum atomic E-state index is 0.194. The molecule has 0 spiro atoms. The first-order chi connectivity index (χ1) is 9.81. The van der Waals surface area contributed by atoms with Crippen LogP contribution in [0.1, 0.15) is 12.0 Å². The Morgan fingerprint density at radius 2 is 1.80 bits per heavy atom. The molecule has 0 saturated heterocycles. The van der Waals surface area contributed by atoms with Gasteiger partial charge in [0.15, 0.2) is 0 Å². The van der Waals surface area contributed by atoms with Gasteiger partial charge in [-0.3, -0.25) is 0 Å². The summed E-state index contributed by atoms with van der Waals surface area (Å²) >= 11 is 0. The summed E-state index contributed by atoms with van der Waals surface area (Å²) in [6.07, 6.45) is 0.735. The fraction of sp³-hybridized carbons (Fsp3) is 0.235. The molecule has 3 rings (SSSR count). The topological polar surface area (TPSA) is 38.0 Å². The molecule has 3 aromatic rings. The summed E-state index contributed by atoms with van der Waals surface area (Å²) < 4.78 is 2.20. The predicted molar refractivity (Wildman–Crippen MR) is 81.6 cm³/mol. The molecule has 3 nitrogen and oxygen atoms in total. The van der Waals surface area contributed by atoms with E-state index in [1.807, 2.05) is 30.3 Å². The second-order valence-electron chi connectivity index (χ2n) is 4.97. The standard InChI is InChI=1S/C17H18N2O/c1-13-7-2-3-8-14(13)17-18-15-9-4-5-10-16(15)19(17)11-6-12-20/h2-5,7-10,20H,6,11-12H2,1H3. The third-order valence-electron chi connectivity index (χ3n) is 3.58. The minimum Gasteiger partial charge on any atom is -0.396 e. The number of aromatic nitrogens is 2. The molecular formula is C17H18N2O. The van der Waals surface area contributed by atoms with Gasteiger partial charge in [-0.05, 0) is 31.0 Å². The normalized spacial score (nSPS) is 11.1. The van der Waals surface area contributed by atoms with Gasteiger partial charge in [0.05, 0.1) is 11.0 Å². The number of aliphatic hydroxyl groups excluding tert-OH is 1. The van der Waals surface area contributed by atoms with Crippen molar-refractivity contribution in [1.82, 2.24) is 9.55 Å². The average Bonchev–Trinajstić information content (AvgIpc) is 2.84. The number of nitrogens with zero attached hydrogens (tertiary/aromatic N) is 2. The van der Waals surface area contributed by atoms with Gasteiger partial charge in [-0.1, -0.05) is 36.4 Å². The molecule has 0 fully saturated rings. The first-order valence-corrected chi connectivity index (χ1v) is 6.93. The Hall–Kier alpha value is -2.13.